The highest BCUT2D eigenvalue weighted by Gasteiger charge is 2.44. The molecule has 3 heteroatoms. The largest absolute Gasteiger partial charge is 0.342 e. The van der Waals surface area contributed by atoms with E-state index in [0.717, 1.165) is 58.3 Å². The van der Waals surface area contributed by atoms with Crippen LogP contribution in [-0.4, -0.2) is 37.0 Å². The van der Waals surface area contributed by atoms with Crippen LogP contribution in [0.4, 0.5) is 0 Å². The van der Waals surface area contributed by atoms with Gasteiger partial charge in [-0.05, 0) is 56.7 Å². The fraction of sp³-hybridized carbons (Fsp3) is 0.650. The van der Waals surface area contributed by atoms with Gasteiger partial charge in [-0.1, -0.05) is 43.7 Å². The van der Waals surface area contributed by atoms with Gasteiger partial charge in [-0.15, -0.1) is 0 Å². The first-order valence-electron chi connectivity index (χ1n) is 9.24. The quantitative estimate of drug-likeness (QED) is 0.925. The van der Waals surface area contributed by atoms with E-state index in [2.05, 4.69) is 47.5 Å². The number of nitrogens with one attached hydrogen (secondary N) is 1. The molecule has 0 aromatic heterocycles. The maximum Gasteiger partial charge on any atom is 0.228 e. The summed E-state index contributed by atoms with van der Waals surface area (Å²) in [5.74, 6) is 0.964. The molecule has 0 saturated carbocycles. The van der Waals surface area contributed by atoms with Gasteiger partial charge in [-0.25, -0.2) is 0 Å². The van der Waals surface area contributed by atoms with Gasteiger partial charge in [0, 0.05) is 18.5 Å². The molecule has 2 heterocycles. The molecule has 2 aliphatic heterocycles. The summed E-state index contributed by atoms with van der Waals surface area (Å²) in [7, 11) is 0. The van der Waals surface area contributed by atoms with Crippen LogP contribution >= 0.6 is 0 Å². The molecular formula is C20H30N2O. The molecule has 1 N–H and O–H groups in total. The zero-order chi connectivity index (χ0) is 16.1. The Morgan fingerprint density at radius 2 is 1.91 bits per heavy atom. The molecule has 1 atom stereocenters. The van der Waals surface area contributed by atoms with Crippen molar-refractivity contribution in [3.05, 3.63) is 35.9 Å². The fourth-order valence-corrected chi connectivity index (χ4v) is 4.32. The zero-order valence-corrected chi connectivity index (χ0v) is 14.4. The molecule has 1 aromatic rings. The second-order valence-corrected chi connectivity index (χ2v) is 7.43. The summed E-state index contributed by atoms with van der Waals surface area (Å²) in [6.07, 6.45) is 6.67. The molecule has 2 saturated heterocycles. The third kappa shape index (κ3) is 3.77. The summed E-state index contributed by atoms with van der Waals surface area (Å²) in [6, 6.07) is 10.5. The number of piperidine rings is 1. The monoisotopic (exact) mass is 314 g/mol. The molecule has 3 nitrogen and oxygen atoms in total. The van der Waals surface area contributed by atoms with Crippen LogP contribution in [0, 0.1) is 11.3 Å². The molecule has 0 spiro atoms. The molecule has 126 valence electrons. The molecule has 0 aliphatic carbocycles. The molecule has 2 aliphatic rings. The molecule has 1 aromatic carbocycles. The number of likely N-dealkylation sites (tertiary alicyclic amines) is 1. The number of carbonyl (C=O) groups is 1. The van der Waals surface area contributed by atoms with Crippen LogP contribution in [0.5, 0.6) is 0 Å². The molecule has 23 heavy (non-hydrogen) atoms. The predicted octanol–water partition coefficient (Wildman–Crippen LogP) is 3.25. The van der Waals surface area contributed by atoms with Crippen LogP contribution in [0.2, 0.25) is 0 Å². The minimum absolute atomic E-state index is 0.144. The summed E-state index contributed by atoms with van der Waals surface area (Å²) >= 11 is 0. The van der Waals surface area contributed by atoms with E-state index in [9.17, 15) is 4.79 Å². The summed E-state index contributed by atoms with van der Waals surface area (Å²) in [5, 5.41) is 3.43. The molecule has 3 rings (SSSR count). The number of amides is 1. The number of carbonyl (C=O) groups excluding carboxylic acids is 1. The lowest BCUT2D eigenvalue weighted by atomic mass is 9.69. The Kier molecular flexibility index (Phi) is 5.37. The summed E-state index contributed by atoms with van der Waals surface area (Å²) in [4.78, 5) is 15.4. The van der Waals surface area contributed by atoms with E-state index in [4.69, 9.17) is 0 Å². The van der Waals surface area contributed by atoms with E-state index < -0.39 is 0 Å². The molecule has 0 bridgehead atoms. The van der Waals surface area contributed by atoms with E-state index >= 15 is 0 Å². The van der Waals surface area contributed by atoms with Gasteiger partial charge >= 0.3 is 0 Å². The van der Waals surface area contributed by atoms with Gasteiger partial charge in [0.25, 0.3) is 0 Å². The maximum atomic E-state index is 13.3. The van der Waals surface area contributed by atoms with Crippen LogP contribution in [0.1, 0.15) is 44.6 Å². The third-order valence-electron chi connectivity index (χ3n) is 5.90. The summed E-state index contributed by atoms with van der Waals surface area (Å²) < 4.78 is 0. The van der Waals surface area contributed by atoms with Crippen molar-refractivity contribution < 1.29 is 4.79 Å². The highest BCUT2D eigenvalue weighted by Crippen LogP contribution is 2.41. The number of benzene rings is 1. The Balaban J connectivity index is 1.68. The van der Waals surface area contributed by atoms with Crippen molar-refractivity contribution in [1.82, 2.24) is 10.2 Å². The molecule has 2 fully saturated rings. The number of hydrogen-bond acceptors (Lipinski definition) is 2. The lowest BCUT2D eigenvalue weighted by Crippen LogP contribution is -2.48. The van der Waals surface area contributed by atoms with Crippen LogP contribution in [0.3, 0.4) is 0 Å². The standard InChI is InChI=1S/C20H30N2O/c1-20(18-9-13-21-14-10-18)12-5-6-15-22(19(20)23)16-11-17-7-3-2-4-8-17/h2-4,7-8,18,21H,5-6,9-16H2,1H3/t20-/m1/s1. The smallest absolute Gasteiger partial charge is 0.228 e. The minimum atomic E-state index is -0.144. The maximum absolute atomic E-state index is 13.3. The summed E-state index contributed by atoms with van der Waals surface area (Å²) in [5.41, 5.74) is 1.18. The van der Waals surface area contributed by atoms with Gasteiger partial charge in [0.2, 0.25) is 5.91 Å². The zero-order valence-electron chi connectivity index (χ0n) is 14.4. The van der Waals surface area contributed by atoms with Crippen molar-refractivity contribution >= 4 is 5.91 Å². The molecule has 0 unspecified atom stereocenters. The van der Waals surface area contributed by atoms with Crippen molar-refractivity contribution in [2.24, 2.45) is 11.3 Å². The first-order valence-corrected chi connectivity index (χ1v) is 9.24. The normalized spacial score (nSPS) is 27.0. The van der Waals surface area contributed by atoms with E-state index in [-0.39, 0.29) is 5.41 Å². The van der Waals surface area contributed by atoms with Crippen molar-refractivity contribution in [3.63, 3.8) is 0 Å². The van der Waals surface area contributed by atoms with E-state index in [1.54, 1.807) is 0 Å². The third-order valence-corrected chi connectivity index (χ3v) is 5.90. The number of rotatable bonds is 4. The average molecular weight is 314 g/mol. The number of nitrogens with zero attached hydrogens (tertiary/aromatic N) is 1. The Bertz CT molecular complexity index is 510. The molecule has 0 radical (unpaired) electrons. The molecule has 1 amide bonds. The van der Waals surface area contributed by atoms with Gasteiger partial charge in [-0.2, -0.15) is 0 Å². The van der Waals surface area contributed by atoms with Crippen LogP contribution in [0.25, 0.3) is 0 Å². The fourth-order valence-electron chi connectivity index (χ4n) is 4.32. The minimum Gasteiger partial charge on any atom is -0.342 e. The lowest BCUT2D eigenvalue weighted by Gasteiger charge is -2.40. The van der Waals surface area contributed by atoms with Crippen molar-refractivity contribution in [2.75, 3.05) is 26.2 Å². The van der Waals surface area contributed by atoms with Gasteiger partial charge in [0.05, 0.1) is 0 Å². The van der Waals surface area contributed by atoms with Crippen molar-refractivity contribution in [3.8, 4) is 0 Å². The van der Waals surface area contributed by atoms with E-state index in [1.165, 1.54) is 12.0 Å². The van der Waals surface area contributed by atoms with E-state index in [1.807, 2.05) is 0 Å². The predicted molar refractivity (Wildman–Crippen MR) is 94.3 cm³/mol. The second-order valence-electron chi connectivity index (χ2n) is 7.43. The highest BCUT2D eigenvalue weighted by molar-refractivity contribution is 5.83. The highest BCUT2D eigenvalue weighted by atomic mass is 16.2. The van der Waals surface area contributed by atoms with Crippen LogP contribution in [-0.2, 0) is 11.2 Å². The van der Waals surface area contributed by atoms with Crippen LogP contribution in [0.15, 0.2) is 30.3 Å². The first kappa shape index (κ1) is 16.5. The SMILES string of the molecule is C[C@]1(C2CCNCC2)CCCCN(CCc2ccccc2)C1=O. The Labute approximate surface area is 140 Å². The van der Waals surface area contributed by atoms with Gasteiger partial charge in [0.15, 0.2) is 0 Å². The Hall–Kier alpha value is -1.35. The Morgan fingerprint density at radius 1 is 1.17 bits per heavy atom. The van der Waals surface area contributed by atoms with Gasteiger partial charge in [-0.3, -0.25) is 4.79 Å². The lowest BCUT2D eigenvalue weighted by molar-refractivity contribution is -0.144. The van der Waals surface area contributed by atoms with Crippen molar-refractivity contribution in [2.45, 2.75) is 45.4 Å². The number of hydrogen-bond donors (Lipinski definition) is 1. The average Bonchev–Trinajstić information content (AvgIpc) is 2.75. The molecular weight excluding hydrogens is 284 g/mol. The van der Waals surface area contributed by atoms with Crippen LogP contribution < -0.4 is 5.32 Å². The van der Waals surface area contributed by atoms with E-state index in [0.29, 0.717) is 11.8 Å². The summed E-state index contributed by atoms with van der Waals surface area (Å²) in [6.45, 7) is 6.18. The van der Waals surface area contributed by atoms with Crippen molar-refractivity contribution in [1.29, 1.82) is 0 Å². The Morgan fingerprint density at radius 3 is 2.65 bits per heavy atom. The van der Waals surface area contributed by atoms with Gasteiger partial charge in [0.1, 0.15) is 0 Å². The second kappa shape index (κ2) is 7.48. The topological polar surface area (TPSA) is 32.3 Å². The first-order chi connectivity index (χ1) is 11.2. The van der Waals surface area contributed by atoms with Gasteiger partial charge < -0.3 is 10.2 Å².